The number of nitrogens with one attached hydrogen (secondary N) is 1. The number of imide groups is 1. The molecular weight excluding hydrogens is 413 g/mol. The van der Waals surface area contributed by atoms with Crippen molar-refractivity contribution in [3.05, 3.63) is 59.9 Å². The molecule has 166 valence electrons. The molecule has 2 aromatic carbocycles. The average molecular weight is 437 g/mol. The number of halogens is 1. The van der Waals surface area contributed by atoms with Crippen molar-refractivity contribution >= 4 is 35.0 Å². The van der Waals surface area contributed by atoms with Gasteiger partial charge < -0.3 is 10.2 Å². The van der Waals surface area contributed by atoms with E-state index in [1.54, 1.807) is 30.3 Å². The second kappa shape index (κ2) is 8.90. The number of anilines is 2. The molecule has 32 heavy (non-hydrogen) atoms. The van der Waals surface area contributed by atoms with Crippen molar-refractivity contribution in [3.63, 3.8) is 0 Å². The maximum absolute atomic E-state index is 14.4. The fourth-order valence-corrected chi connectivity index (χ4v) is 4.52. The third-order valence-electron chi connectivity index (χ3n) is 5.96. The zero-order chi connectivity index (χ0) is 22.8. The number of hydrogen-bond acceptors (Lipinski definition) is 4. The van der Waals surface area contributed by atoms with Crippen LogP contribution in [0, 0.1) is 5.82 Å². The molecule has 1 saturated carbocycles. The SMILES string of the molecule is CC(=O)Nc1ccc(N2C(=O)CC(N(C(=O)c3ccccc3F)C3CCCC3)C2=O)cc1. The second-order valence-electron chi connectivity index (χ2n) is 8.15. The Morgan fingerprint density at radius 1 is 1.03 bits per heavy atom. The van der Waals surface area contributed by atoms with Crippen molar-refractivity contribution in [1.82, 2.24) is 4.90 Å². The van der Waals surface area contributed by atoms with Gasteiger partial charge in [-0.3, -0.25) is 19.2 Å². The molecule has 1 unspecified atom stereocenters. The molecule has 1 aliphatic carbocycles. The molecule has 2 aliphatic rings. The van der Waals surface area contributed by atoms with Crippen molar-refractivity contribution in [3.8, 4) is 0 Å². The van der Waals surface area contributed by atoms with Crippen molar-refractivity contribution in [2.75, 3.05) is 10.2 Å². The van der Waals surface area contributed by atoms with Crippen LogP contribution in [0.2, 0.25) is 0 Å². The molecule has 2 aromatic rings. The third-order valence-corrected chi connectivity index (χ3v) is 5.96. The molecule has 1 atom stereocenters. The Bertz CT molecular complexity index is 1060. The van der Waals surface area contributed by atoms with E-state index in [1.165, 1.54) is 30.0 Å². The first-order valence-corrected chi connectivity index (χ1v) is 10.7. The minimum atomic E-state index is -0.979. The molecule has 1 N–H and O–H groups in total. The van der Waals surface area contributed by atoms with Crippen LogP contribution in [-0.4, -0.2) is 40.6 Å². The van der Waals surface area contributed by atoms with Crippen LogP contribution in [0.3, 0.4) is 0 Å². The van der Waals surface area contributed by atoms with Crippen LogP contribution in [-0.2, 0) is 14.4 Å². The summed E-state index contributed by atoms with van der Waals surface area (Å²) in [4.78, 5) is 53.2. The van der Waals surface area contributed by atoms with E-state index < -0.39 is 29.6 Å². The summed E-state index contributed by atoms with van der Waals surface area (Å²) in [6, 6.07) is 10.8. The molecule has 4 rings (SSSR count). The Labute approximate surface area is 185 Å². The summed E-state index contributed by atoms with van der Waals surface area (Å²) in [6.45, 7) is 1.39. The van der Waals surface area contributed by atoms with Gasteiger partial charge in [0.2, 0.25) is 11.8 Å². The number of carbonyl (C=O) groups excluding carboxylic acids is 4. The zero-order valence-electron chi connectivity index (χ0n) is 17.7. The molecule has 2 fully saturated rings. The number of carbonyl (C=O) groups is 4. The van der Waals surface area contributed by atoms with Gasteiger partial charge in [0.15, 0.2) is 0 Å². The van der Waals surface area contributed by atoms with Crippen LogP contribution >= 0.6 is 0 Å². The Morgan fingerprint density at radius 2 is 1.69 bits per heavy atom. The fourth-order valence-electron chi connectivity index (χ4n) is 4.52. The zero-order valence-corrected chi connectivity index (χ0v) is 17.7. The van der Waals surface area contributed by atoms with Crippen LogP contribution in [0.5, 0.6) is 0 Å². The van der Waals surface area contributed by atoms with E-state index in [-0.39, 0.29) is 23.9 Å². The lowest BCUT2D eigenvalue weighted by Crippen LogP contribution is -2.50. The molecule has 0 radical (unpaired) electrons. The summed E-state index contributed by atoms with van der Waals surface area (Å²) in [5.41, 5.74) is 0.804. The van der Waals surface area contributed by atoms with E-state index in [4.69, 9.17) is 0 Å². The molecule has 4 amide bonds. The smallest absolute Gasteiger partial charge is 0.257 e. The van der Waals surface area contributed by atoms with Gasteiger partial charge >= 0.3 is 0 Å². The third kappa shape index (κ3) is 4.12. The van der Waals surface area contributed by atoms with Crippen LogP contribution < -0.4 is 10.2 Å². The first-order valence-electron chi connectivity index (χ1n) is 10.7. The number of rotatable bonds is 5. The predicted octanol–water partition coefficient (Wildman–Crippen LogP) is 3.50. The number of hydrogen-bond donors (Lipinski definition) is 1. The number of amides is 4. The first kappa shape index (κ1) is 21.7. The first-order chi connectivity index (χ1) is 15.4. The summed E-state index contributed by atoms with van der Waals surface area (Å²) in [7, 11) is 0. The van der Waals surface area contributed by atoms with E-state index in [2.05, 4.69) is 5.32 Å². The van der Waals surface area contributed by atoms with Gasteiger partial charge in [0, 0.05) is 18.7 Å². The standard InChI is InChI=1S/C24H24FN3O4/c1-15(29)26-16-10-12-18(13-11-16)28-22(30)14-21(24(28)32)27(17-6-2-3-7-17)23(31)19-8-4-5-9-20(19)25/h4-5,8-13,17,21H,2-3,6-7,14H2,1H3,(H,26,29). The lowest BCUT2D eigenvalue weighted by Gasteiger charge is -2.33. The highest BCUT2D eigenvalue weighted by Crippen LogP contribution is 2.33. The quantitative estimate of drug-likeness (QED) is 0.726. The van der Waals surface area contributed by atoms with Gasteiger partial charge in [0.05, 0.1) is 17.7 Å². The maximum atomic E-state index is 14.4. The van der Waals surface area contributed by atoms with E-state index in [1.807, 2.05) is 0 Å². The molecule has 1 saturated heterocycles. The minimum Gasteiger partial charge on any atom is -0.326 e. The number of benzene rings is 2. The largest absolute Gasteiger partial charge is 0.326 e. The topological polar surface area (TPSA) is 86.8 Å². The van der Waals surface area contributed by atoms with Gasteiger partial charge in [-0.05, 0) is 49.2 Å². The highest BCUT2D eigenvalue weighted by molar-refractivity contribution is 6.23. The summed E-state index contributed by atoms with van der Waals surface area (Å²) in [5.74, 6) is -2.37. The Balaban J connectivity index is 1.63. The van der Waals surface area contributed by atoms with Crippen molar-refractivity contribution in [2.45, 2.75) is 51.1 Å². The molecule has 0 spiro atoms. The average Bonchev–Trinajstić information content (AvgIpc) is 3.38. The van der Waals surface area contributed by atoms with Crippen LogP contribution in [0.4, 0.5) is 15.8 Å². The predicted molar refractivity (Wildman–Crippen MR) is 116 cm³/mol. The molecule has 0 bridgehead atoms. The van der Waals surface area contributed by atoms with Crippen molar-refractivity contribution < 1.29 is 23.6 Å². The Hall–Kier alpha value is -3.55. The normalized spacial score (nSPS) is 18.8. The molecule has 1 aliphatic heterocycles. The highest BCUT2D eigenvalue weighted by atomic mass is 19.1. The van der Waals surface area contributed by atoms with Crippen molar-refractivity contribution in [1.29, 1.82) is 0 Å². The van der Waals surface area contributed by atoms with Crippen LogP contribution in [0.1, 0.15) is 49.4 Å². The van der Waals surface area contributed by atoms with E-state index >= 15 is 0 Å². The highest BCUT2D eigenvalue weighted by Gasteiger charge is 2.47. The summed E-state index contributed by atoms with van der Waals surface area (Å²) < 4.78 is 14.4. The Morgan fingerprint density at radius 3 is 2.31 bits per heavy atom. The summed E-state index contributed by atoms with van der Waals surface area (Å²) in [6.07, 6.45) is 3.10. The van der Waals surface area contributed by atoms with Gasteiger partial charge in [0.25, 0.3) is 11.8 Å². The van der Waals surface area contributed by atoms with Gasteiger partial charge in [-0.25, -0.2) is 9.29 Å². The van der Waals surface area contributed by atoms with E-state index in [9.17, 15) is 23.6 Å². The number of nitrogens with zero attached hydrogens (tertiary/aromatic N) is 2. The maximum Gasteiger partial charge on any atom is 0.257 e. The molecular formula is C24H24FN3O4. The van der Waals surface area contributed by atoms with Gasteiger partial charge in [-0.1, -0.05) is 25.0 Å². The monoisotopic (exact) mass is 437 g/mol. The lowest BCUT2D eigenvalue weighted by molar-refractivity contribution is -0.123. The van der Waals surface area contributed by atoms with Crippen LogP contribution in [0.25, 0.3) is 0 Å². The summed E-state index contributed by atoms with van der Waals surface area (Å²) >= 11 is 0. The second-order valence-corrected chi connectivity index (χ2v) is 8.15. The van der Waals surface area contributed by atoms with Gasteiger partial charge in [-0.2, -0.15) is 0 Å². The Kier molecular flexibility index (Phi) is 6.03. The van der Waals surface area contributed by atoms with Gasteiger partial charge in [0.1, 0.15) is 11.9 Å². The lowest BCUT2D eigenvalue weighted by atomic mass is 10.1. The molecule has 7 nitrogen and oxygen atoms in total. The fraction of sp³-hybridized carbons (Fsp3) is 0.333. The summed E-state index contributed by atoms with van der Waals surface area (Å²) in [5, 5.41) is 2.63. The molecule has 0 aromatic heterocycles. The van der Waals surface area contributed by atoms with Gasteiger partial charge in [-0.15, -0.1) is 0 Å². The molecule has 1 heterocycles. The van der Waals surface area contributed by atoms with Crippen molar-refractivity contribution in [2.24, 2.45) is 0 Å². The van der Waals surface area contributed by atoms with Crippen LogP contribution in [0.15, 0.2) is 48.5 Å². The van der Waals surface area contributed by atoms with E-state index in [0.29, 0.717) is 24.2 Å². The van der Waals surface area contributed by atoms with E-state index in [0.717, 1.165) is 17.7 Å². The minimum absolute atomic E-state index is 0.0993. The molecule has 8 heteroatoms.